The zero-order valence-electron chi connectivity index (χ0n) is 19.5. The third-order valence-corrected chi connectivity index (χ3v) is 4.46. The highest BCUT2D eigenvalue weighted by molar-refractivity contribution is 5.94. The molecule has 2 N–H and O–H groups in total. The maximum absolute atomic E-state index is 12.4. The van der Waals surface area contributed by atoms with E-state index in [0.29, 0.717) is 35.9 Å². The summed E-state index contributed by atoms with van der Waals surface area (Å²) in [5.74, 6) is 0.764. The Morgan fingerprint density at radius 2 is 1.38 bits per heavy atom. The number of nitrogens with one attached hydrogen (secondary N) is 2. The highest BCUT2D eigenvalue weighted by Gasteiger charge is 2.15. The van der Waals surface area contributed by atoms with E-state index >= 15 is 0 Å². The van der Waals surface area contributed by atoms with Crippen molar-refractivity contribution >= 4 is 12.0 Å². The Morgan fingerprint density at radius 3 is 2.00 bits per heavy atom. The molecule has 0 aliphatic carbocycles. The minimum absolute atomic E-state index is 0.160. The lowest BCUT2D eigenvalue weighted by Crippen LogP contribution is -2.33. The molecule has 0 saturated carbocycles. The fourth-order valence-corrected chi connectivity index (χ4v) is 2.85. The number of rotatable bonds is 9. The number of carbonyl (C=O) groups is 2. The van der Waals surface area contributed by atoms with Crippen LogP contribution in [0.1, 0.15) is 50.4 Å². The largest absolute Gasteiger partial charge is 0.444 e. The quantitative estimate of drug-likeness (QED) is 0.457. The van der Waals surface area contributed by atoms with Gasteiger partial charge in [0.25, 0.3) is 5.91 Å². The van der Waals surface area contributed by atoms with E-state index in [-0.39, 0.29) is 11.7 Å². The van der Waals surface area contributed by atoms with Crippen LogP contribution in [0.25, 0.3) is 23.0 Å². The van der Waals surface area contributed by atoms with Crippen LogP contribution in [0.5, 0.6) is 0 Å². The van der Waals surface area contributed by atoms with Gasteiger partial charge in [0.15, 0.2) is 0 Å². The predicted molar refractivity (Wildman–Crippen MR) is 125 cm³/mol. The van der Waals surface area contributed by atoms with Crippen LogP contribution in [0.15, 0.2) is 42.7 Å². The average Bonchev–Trinajstić information content (AvgIpc) is 2.83. The zero-order valence-corrected chi connectivity index (χ0v) is 19.5. The van der Waals surface area contributed by atoms with E-state index in [2.05, 4.69) is 41.0 Å². The van der Waals surface area contributed by atoms with E-state index < -0.39 is 11.7 Å². The molecule has 178 valence electrons. The summed E-state index contributed by atoms with van der Waals surface area (Å²) in [4.78, 5) is 32.0. The summed E-state index contributed by atoms with van der Waals surface area (Å²) in [6, 6.07) is 8.59. The second-order valence-corrected chi connectivity index (χ2v) is 8.44. The predicted octanol–water partition coefficient (Wildman–Crippen LogP) is 2.82. The molecule has 2 aromatic heterocycles. The van der Waals surface area contributed by atoms with Crippen molar-refractivity contribution in [2.24, 2.45) is 0 Å². The Balaban J connectivity index is 1.38. The topological polar surface area (TPSA) is 145 Å². The molecule has 2 heterocycles. The average molecular weight is 465 g/mol. The van der Waals surface area contributed by atoms with Gasteiger partial charge in [-0.15, -0.1) is 20.4 Å². The van der Waals surface area contributed by atoms with E-state index in [4.69, 9.17) is 4.74 Å². The van der Waals surface area contributed by atoms with Crippen molar-refractivity contribution in [3.63, 3.8) is 0 Å². The van der Waals surface area contributed by atoms with Crippen LogP contribution in [0.2, 0.25) is 0 Å². The van der Waals surface area contributed by atoms with E-state index in [1.54, 1.807) is 42.7 Å². The standard InChI is InChI=1S/C23H28N8O3/c1-23(2,3)34-22(33)27-13-6-4-5-12-26-21(32)17-10-8-16(9-11-17)18-28-30-20(31-29-18)19-24-14-7-15-25-19/h7-11,14-15H,4-6,12-13H2,1-3H3,(H,26,32)(H,27,33). The molecular formula is C23H28N8O3. The number of amides is 2. The first-order valence-corrected chi connectivity index (χ1v) is 11.0. The van der Waals surface area contributed by atoms with E-state index in [0.717, 1.165) is 19.3 Å². The van der Waals surface area contributed by atoms with Gasteiger partial charge in [-0.3, -0.25) is 4.79 Å². The van der Waals surface area contributed by atoms with E-state index in [9.17, 15) is 9.59 Å². The van der Waals surface area contributed by atoms with Gasteiger partial charge in [-0.2, -0.15) is 0 Å². The minimum Gasteiger partial charge on any atom is -0.444 e. The first-order chi connectivity index (χ1) is 16.3. The minimum atomic E-state index is -0.504. The number of hydrogen-bond acceptors (Lipinski definition) is 9. The van der Waals surface area contributed by atoms with Crippen LogP contribution < -0.4 is 10.6 Å². The molecule has 11 nitrogen and oxygen atoms in total. The SMILES string of the molecule is CC(C)(C)OC(=O)NCCCCCNC(=O)c1ccc(-c2nnc(-c3ncccn3)nn2)cc1. The Kier molecular flexibility index (Phi) is 8.49. The molecule has 0 aliphatic heterocycles. The molecule has 1 aromatic carbocycles. The molecule has 0 atom stereocenters. The molecule has 0 unspecified atom stereocenters. The van der Waals surface area contributed by atoms with Crippen molar-refractivity contribution in [3.8, 4) is 23.0 Å². The number of unbranched alkanes of at least 4 members (excludes halogenated alkanes) is 2. The Hall–Kier alpha value is -4.02. The zero-order chi connectivity index (χ0) is 24.4. The number of carbonyl (C=O) groups excluding carboxylic acids is 2. The van der Waals surface area contributed by atoms with Crippen LogP contribution in [-0.4, -0.2) is 61.1 Å². The number of nitrogens with zero attached hydrogens (tertiary/aromatic N) is 6. The molecule has 34 heavy (non-hydrogen) atoms. The molecule has 3 aromatic rings. The lowest BCUT2D eigenvalue weighted by atomic mass is 10.1. The lowest BCUT2D eigenvalue weighted by Gasteiger charge is -2.19. The summed E-state index contributed by atoms with van der Waals surface area (Å²) in [5.41, 5.74) is 0.718. The molecule has 0 radical (unpaired) electrons. The maximum Gasteiger partial charge on any atom is 0.407 e. The van der Waals surface area contributed by atoms with Gasteiger partial charge < -0.3 is 15.4 Å². The fraction of sp³-hybridized carbons (Fsp3) is 0.391. The van der Waals surface area contributed by atoms with Crippen LogP contribution in [0.3, 0.4) is 0 Å². The van der Waals surface area contributed by atoms with Gasteiger partial charge >= 0.3 is 6.09 Å². The lowest BCUT2D eigenvalue weighted by molar-refractivity contribution is 0.0527. The van der Waals surface area contributed by atoms with Crippen molar-refractivity contribution in [2.45, 2.75) is 45.6 Å². The van der Waals surface area contributed by atoms with Crippen molar-refractivity contribution in [2.75, 3.05) is 13.1 Å². The maximum atomic E-state index is 12.4. The van der Waals surface area contributed by atoms with Gasteiger partial charge in [0.2, 0.25) is 17.5 Å². The molecular weight excluding hydrogens is 436 g/mol. The smallest absolute Gasteiger partial charge is 0.407 e. The summed E-state index contributed by atoms with van der Waals surface area (Å²) in [5, 5.41) is 21.8. The Morgan fingerprint density at radius 1 is 0.794 bits per heavy atom. The normalized spacial score (nSPS) is 11.0. The Bertz CT molecular complexity index is 1070. The van der Waals surface area contributed by atoms with Crippen molar-refractivity contribution < 1.29 is 14.3 Å². The summed E-state index contributed by atoms with van der Waals surface area (Å²) in [6.07, 6.45) is 5.25. The summed E-state index contributed by atoms with van der Waals surface area (Å²) in [7, 11) is 0. The summed E-state index contributed by atoms with van der Waals surface area (Å²) >= 11 is 0. The summed E-state index contributed by atoms with van der Waals surface area (Å²) in [6.45, 7) is 6.56. The van der Waals surface area contributed by atoms with E-state index in [1.807, 2.05) is 20.8 Å². The molecule has 0 spiro atoms. The van der Waals surface area contributed by atoms with Gasteiger partial charge in [-0.1, -0.05) is 12.1 Å². The molecule has 2 amide bonds. The van der Waals surface area contributed by atoms with Crippen molar-refractivity contribution in [1.82, 2.24) is 41.0 Å². The molecule has 0 aliphatic rings. The number of hydrogen-bond donors (Lipinski definition) is 2. The van der Waals surface area contributed by atoms with E-state index in [1.165, 1.54) is 0 Å². The number of benzene rings is 1. The van der Waals surface area contributed by atoms with Gasteiger partial charge in [-0.05, 0) is 58.2 Å². The third kappa shape index (κ3) is 7.84. The number of ether oxygens (including phenoxy) is 1. The van der Waals surface area contributed by atoms with Crippen molar-refractivity contribution in [1.29, 1.82) is 0 Å². The fourth-order valence-electron chi connectivity index (χ4n) is 2.85. The molecule has 0 bridgehead atoms. The van der Waals surface area contributed by atoms with Crippen LogP contribution in [-0.2, 0) is 4.74 Å². The number of aromatic nitrogens is 6. The number of alkyl carbamates (subject to hydrolysis) is 1. The van der Waals surface area contributed by atoms with Crippen molar-refractivity contribution in [3.05, 3.63) is 48.3 Å². The molecule has 11 heteroatoms. The molecule has 0 fully saturated rings. The second-order valence-electron chi connectivity index (χ2n) is 8.44. The van der Waals surface area contributed by atoms with Gasteiger partial charge in [0, 0.05) is 36.6 Å². The van der Waals surface area contributed by atoms with Crippen LogP contribution >= 0.6 is 0 Å². The van der Waals surface area contributed by atoms with Crippen LogP contribution in [0, 0.1) is 0 Å². The third-order valence-electron chi connectivity index (χ3n) is 4.46. The monoisotopic (exact) mass is 464 g/mol. The Labute approximate surface area is 197 Å². The van der Waals surface area contributed by atoms with Gasteiger partial charge in [0.1, 0.15) is 5.60 Å². The molecule has 3 rings (SSSR count). The highest BCUT2D eigenvalue weighted by atomic mass is 16.6. The van der Waals surface area contributed by atoms with Gasteiger partial charge in [0.05, 0.1) is 0 Å². The molecule has 0 saturated heterocycles. The first-order valence-electron chi connectivity index (χ1n) is 11.0. The first kappa shape index (κ1) is 24.6. The van der Waals surface area contributed by atoms with Crippen LogP contribution in [0.4, 0.5) is 4.79 Å². The summed E-state index contributed by atoms with van der Waals surface area (Å²) < 4.78 is 5.18. The van der Waals surface area contributed by atoms with Gasteiger partial charge in [-0.25, -0.2) is 14.8 Å². The second kappa shape index (κ2) is 11.7. The highest BCUT2D eigenvalue weighted by Crippen LogP contribution is 2.15.